The number of pyridine rings is 1. The van der Waals surface area contributed by atoms with Crippen molar-refractivity contribution < 1.29 is 9.13 Å². The minimum absolute atomic E-state index is 0.0251. The molecule has 1 aliphatic heterocycles. The number of rotatable bonds is 2. The normalized spacial score (nSPS) is 17.8. The van der Waals surface area contributed by atoms with Crippen molar-refractivity contribution in [2.45, 2.75) is 6.10 Å². The van der Waals surface area contributed by atoms with Gasteiger partial charge in [-0.25, -0.2) is 9.37 Å². The second-order valence-corrected chi connectivity index (χ2v) is 5.89. The molecule has 4 nitrogen and oxygen atoms in total. The van der Waals surface area contributed by atoms with Crippen LogP contribution in [0.1, 0.15) is 17.2 Å². The molecule has 1 unspecified atom stereocenters. The highest BCUT2D eigenvalue weighted by molar-refractivity contribution is 6.35. The third-order valence-corrected chi connectivity index (χ3v) is 4.28. The molecule has 0 aliphatic carbocycles. The Morgan fingerprint density at radius 2 is 2.17 bits per heavy atom. The van der Waals surface area contributed by atoms with Gasteiger partial charge in [-0.1, -0.05) is 23.2 Å². The van der Waals surface area contributed by atoms with Crippen LogP contribution in [0.4, 0.5) is 10.2 Å². The molecule has 118 valence electrons. The van der Waals surface area contributed by atoms with E-state index in [0.717, 1.165) is 0 Å². The third kappa shape index (κ3) is 3.25. The van der Waals surface area contributed by atoms with E-state index >= 15 is 0 Å². The van der Waals surface area contributed by atoms with Crippen molar-refractivity contribution in [3.63, 3.8) is 0 Å². The molecule has 1 aromatic heterocycles. The Labute approximate surface area is 143 Å². The SMILES string of the molecule is N#Cc1cccnc1N1CCOC(c2cc(F)c(Cl)cc2Cl)C1. The molecule has 3 rings (SSSR count). The van der Waals surface area contributed by atoms with Crippen molar-refractivity contribution in [1.82, 2.24) is 4.98 Å². The summed E-state index contributed by atoms with van der Waals surface area (Å²) in [6.45, 7) is 1.44. The lowest BCUT2D eigenvalue weighted by Crippen LogP contribution is -2.39. The van der Waals surface area contributed by atoms with Crippen molar-refractivity contribution in [3.8, 4) is 6.07 Å². The maximum absolute atomic E-state index is 13.7. The zero-order chi connectivity index (χ0) is 16.4. The summed E-state index contributed by atoms with van der Waals surface area (Å²) in [6.07, 6.45) is 1.21. The summed E-state index contributed by atoms with van der Waals surface area (Å²) in [5.74, 6) is 0.0520. The van der Waals surface area contributed by atoms with Gasteiger partial charge in [-0.15, -0.1) is 0 Å². The van der Waals surface area contributed by atoms with E-state index in [0.29, 0.717) is 41.7 Å². The molecule has 0 bridgehead atoms. The Morgan fingerprint density at radius 1 is 1.35 bits per heavy atom. The van der Waals surface area contributed by atoms with E-state index in [4.69, 9.17) is 27.9 Å². The summed E-state index contributed by atoms with van der Waals surface area (Å²) >= 11 is 11.9. The molecule has 23 heavy (non-hydrogen) atoms. The van der Waals surface area contributed by atoms with E-state index in [1.807, 2.05) is 4.90 Å². The zero-order valence-electron chi connectivity index (χ0n) is 12.0. The predicted molar refractivity (Wildman–Crippen MR) is 86.3 cm³/mol. The van der Waals surface area contributed by atoms with Gasteiger partial charge < -0.3 is 9.64 Å². The number of hydrogen-bond acceptors (Lipinski definition) is 4. The van der Waals surface area contributed by atoms with Gasteiger partial charge in [-0.2, -0.15) is 5.26 Å². The van der Waals surface area contributed by atoms with Crippen LogP contribution in [0.15, 0.2) is 30.5 Å². The maximum atomic E-state index is 13.7. The number of nitrogens with zero attached hydrogens (tertiary/aromatic N) is 3. The first-order valence-electron chi connectivity index (χ1n) is 6.96. The minimum Gasteiger partial charge on any atom is -0.370 e. The van der Waals surface area contributed by atoms with Gasteiger partial charge in [-0.3, -0.25) is 0 Å². The Bertz CT molecular complexity index is 778. The van der Waals surface area contributed by atoms with Gasteiger partial charge >= 0.3 is 0 Å². The molecular formula is C16H12Cl2FN3O. The summed E-state index contributed by atoms with van der Waals surface area (Å²) in [6, 6.07) is 8.22. The third-order valence-electron chi connectivity index (χ3n) is 3.66. The monoisotopic (exact) mass is 351 g/mol. The predicted octanol–water partition coefficient (Wildman–Crippen LogP) is 3.98. The lowest BCUT2D eigenvalue weighted by atomic mass is 10.1. The molecule has 0 amide bonds. The topological polar surface area (TPSA) is 49.2 Å². The molecule has 2 heterocycles. The molecule has 1 fully saturated rings. The van der Waals surface area contributed by atoms with Crippen LogP contribution in [0.5, 0.6) is 0 Å². The Hall–Kier alpha value is -1.87. The van der Waals surface area contributed by atoms with Crippen LogP contribution in [-0.4, -0.2) is 24.7 Å². The average molecular weight is 352 g/mol. The van der Waals surface area contributed by atoms with Gasteiger partial charge in [0.2, 0.25) is 0 Å². The molecule has 1 saturated heterocycles. The zero-order valence-corrected chi connectivity index (χ0v) is 13.5. The highest BCUT2D eigenvalue weighted by atomic mass is 35.5. The van der Waals surface area contributed by atoms with E-state index in [-0.39, 0.29) is 5.02 Å². The van der Waals surface area contributed by atoms with Crippen molar-refractivity contribution in [2.24, 2.45) is 0 Å². The van der Waals surface area contributed by atoms with Crippen LogP contribution in [-0.2, 0) is 4.74 Å². The highest BCUT2D eigenvalue weighted by Crippen LogP contribution is 2.33. The van der Waals surface area contributed by atoms with E-state index in [9.17, 15) is 9.65 Å². The highest BCUT2D eigenvalue weighted by Gasteiger charge is 2.26. The van der Waals surface area contributed by atoms with Crippen molar-refractivity contribution in [2.75, 3.05) is 24.6 Å². The molecule has 0 saturated carbocycles. The molecule has 1 atom stereocenters. The van der Waals surface area contributed by atoms with Crippen LogP contribution in [0, 0.1) is 17.1 Å². The lowest BCUT2D eigenvalue weighted by molar-refractivity contribution is 0.0394. The molecule has 0 N–H and O–H groups in total. The van der Waals surface area contributed by atoms with Crippen molar-refractivity contribution in [1.29, 1.82) is 5.26 Å². The van der Waals surface area contributed by atoms with E-state index in [1.165, 1.54) is 12.1 Å². The summed E-state index contributed by atoms with van der Waals surface area (Å²) in [5.41, 5.74) is 1.02. The van der Waals surface area contributed by atoms with Gasteiger partial charge in [0.25, 0.3) is 0 Å². The van der Waals surface area contributed by atoms with Crippen molar-refractivity contribution in [3.05, 3.63) is 57.5 Å². The van der Waals surface area contributed by atoms with Crippen molar-refractivity contribution >= 4 is 29.0 Å². The van der Waals surface area contributed by atoms with Crippen LogP contribution in [0.25, 0.3) is 0 Å². The maximum Gasteiger partial charge on any atom is 0.146 e. The summed E-state index contributed by atoms with van der Waals surface area (Å²) in [5, 5.41) is 9.54. The largest absolute Gasteiger partial charge is 0.370 e. The fraction of sp³-hybridized carbons (Fsp3) is 0.250. The number of aromatic nitrogens is 1. The number of anilines is 1. The van der Waals surface area contributed by atoms with Gasteiger partial charge in [-0.05, 0) is 24.3 Å². The van der Waals surface area contributed by atoms with E-state index < -0.39 is 11.9 Å². The number of hydrogen-bond donors (Lipinski definition) is 0. The number of nitriles is 1. The van der Waals surface area contributed by atoms with Gasteiger partial charge in [0.05, 0.1) is 17.2 Å². The summed E-state index contributed by atoms with van der Waals surface area (Å²) < 4.78 is 19.5. The molecule has 1 aliphatic rings. The first-order valence-corrected chi connectivity index (χ1v) is 7.72. The van der Waals surface area contributed by atoms with Gasteiger partial charge in [0.1, 0.15) is 23.8 Å². The lowest BCUT2D eigenvalue weighted by Gasteiger charge is -2.34. The van der Waals surface area contributed by atoms with Crippen LogP contribution in [0.2, 0.25) is 10.0 Å². The van der Waals surface area contributed by atoms with Crippen LogP contribution < -0.4 is 4.90 Å². The van der Waals surface area contributed by atoms with E-state index in [1.54, 1.807) is 18.3 Å². The Kier molecular flexibility index (Phi) is 4.67. The quantitative estimate of drug-likeness (QED) is 0.768. The summed E-state index contributed by atoms with van der Waals surface area (Å²) in [4.78, 5) is 6.22. The second kappa shape index (κ2) is 6.71. The average Bonchev–Trinajstić information content (AvgIpc) is 2.58. The number of benzene rings is 1. The summed E-state index contributed by atoms with van der Waals surface area (Å²) in [7, 11) is 0. The Balaban J connectivity index is 1.90. The van der Waals surface area contributed by atoms with Gasteiger partial charge in [0, 0.05) is 29.9 Å². The molecule has 2 aromatic rings. The first kappa shape index (κ1) is 16.0. The number of halogens is 3. The Morgan fingerprint density at radius 3 is 2.96 bits per heavy atom. The fourth-order valence-electron chi connectivity index (χ4n) is 2.55. The first-order chi connectivity index (χ1) is 11.1. The smallest absolute Gasteiger partial charge is 0.146 e. The minimum atomic E-state index is -0.539. The number of ether oxygens (including phenoxy) is 1. The van der Waals surface area contributed by atoms with Crippen LogP contribution >= 0.6 is 23.2 Å². The molecule has 1 aromatic carbocycles. The molecule has 0 spiro atoms. The number of morpholine rings is 1. The van der Waals surface area contributed by atoms with E-state index in [2.05, 4.69) is 11.1 Å². The van der Waals surface area contributed by atoms with Gasteiger partial charge in [0.15, 0.2) is 0 Å². The molecule has 0 radical (unpaired) electrons. The molecule has 7 heteroatoms. The van der Waals surface area contributed by atoms with Crippen LogP contribution in [0.3, 0.4) is 0 Å². The molecular weight excluding hydrogens is 340 g/mol. The second-order valence-electron chi connectivity index (χ2n) is 5.08. The fourth-order valence-corrected chi connectivity index (χ4v) is 3.06. The standard InChI is InChI=1S/C16H12Cl2FN3O/c17-12-7-13(18)14(19)6-11(12)15-9-22(4-5-23-15)16-10(8-20)2-1-3-21-16/h1-3,6-7,15H,4-5,9H2.